The van der Waals surface area contributed by atoms with Crippen molar-refractivity contribution in [1.82, 2.24) is 15.1 Å². The molecule has 0 aliphatic carbocycles. The molecular formula is C29H27FN4O3. The molecule has 188 valence electrons. The SMILES string of the molecule is COc1ccccc1CNC(=O)[C@]1(C)Cn2nc(-c3ccccc3)cc2C(=O)N1c1ccc(F)cc1C. The van der Waals surface area contributed by atoms with Crippen LogP contribution in [-0.4, -0.2) is 34.2 Å². The fraction of sp³-hybridized carbons (Fsp3) is 0.207. The Bertz CT molecular complexity index is 1480. The number of nitrogens with one attached hydrogen (secondary N) is 1. The molecule has 0 saturated heterocycles. The number of para-hydroxylation sites is 1. The van der Waals surface area contributed by atoms with Gasteiger partial charge in [0.2, 0.25) is 5.91 Å². The molecule has 4 aromatic rings. The first-order valence-corrected chi connectivity index (χ1v) is 12.0. The minimum atomic E-state index is -1.34. The van der Waals surface area contributed by atoms with Crippen LogP contribution in [-0.2, 0) is 17.9 Å². The van der Waals surface area contributed by atoms with Crippen molar-refractivity contribution >= 4 is 17.5 Å². The zero-order valence-electron chi connectivity index (χ0n) is 20.9. The summed E-state index contributed by atoms with van der Waals surface area (Å²) in [7, 11) is 1.57. The van der Waals surface area contributed by atoms with Crippen molar-refractivity contribution in [3.8, 4) is 17.0 Å². The van der Waals surface area contributed by atoms with Gasteiger partial charge in [-0.15, -0.1) is 0 Å². The molecule has 1 aliphatic rings. The number of anilines is 1. The Kier molecular flexibility index (Phi) is 6.25. The summed E-state index contributed by atoms with van der Waals surface area (Å²) >= 11 is 0. The largest absolute Gasteiger partial charge is 0.496 e. The molecule has 0 unspecified atom stereocenters. The van der Waals surface area contributed by atoms with Crippen LogP contribution in [0.5, 0.6) is 5.75 Å². The number of methoxy groups -OCH3 is 1. The molecule has 7 nitrogen and oxygen atoms in total. The van der Waals surface area contributed by atoms with Crippen LogP contribution >= 0.6 is 0 Å². The third-order valence-corrected chi connectivity index (χ3v) is 6.74. The number of hydrogen-bond acceptors (Lipinski definition) is 4. The summed E-state index contributed by atoms with van der Waals surface area (Å²) in [5.74, 6) is -0.506. The highest BCUT2D eigenvalue weighted by molar-refractivity contribution is 6.12. The van der Waals surface area contributed by atoms with Crippen molar-refractivity contribution in [2.24, 2.45) is 0 Å². The zero-order valence-corrected chi connectivity index (χ0v) is 20.9. The number of aryl methyl sites for hydroxylation is 1. The topological polar surface area (TPSA) is 76.5 Å². The van der Waals surface area contributed by atoms with E-state index in [0.29, 0.717) is 28.4 Å². The molecule has 2 amide bonds. The summed E-state index contributed by atoms with van der Waals surface area (Å²) in [5.41, 5.74) is 2.34. The third kappa shape index (κ3) is 4.35. The number of carbonyl (C=O) groups excluding carboxylic acids is 2. The first-order chi connectivity index (χ1) is 17.8. The minimum Gasteiger partial charge on any atom is -0.496 e. The van der Waals surface area contributed by atoms with Crippen LogP contribution in [0.3, 0.4) is 0 Å². The number of aromatic nitrogens is 2. The number of benzene rings is 3. The van der Waals surface area contributed by atoms with Gasteiger partial charge in [-0.3, -0.25) is 19.2 Å². The summed E-state index contributed by atoms with van der Waals surface area (Å²) in [6.07, 6.45) is 0. The molecular weight excluding hydrogens is 471 g/mol. The fourth-order valence-electron chi connectivity index (χ4n) is 4.79. The minimum absolute atomic E-state index is 0.121. The van der Waals surface area contributed by atoms with E-state index in [2.05, 4.69) is 10.4 Å². The Balaban J connectivity index is 1.56. The molecule has 1 N–H and O–H groups in total. The summed E-state index contributed by atoms with van der Waals surface area (Å²) < 4.78 is 21.0. The van der Waals surface area contributed by atoms with E-state index < -0.39 is 11.4 Å². The van der Waals surface area contributed by atoms with Gasteiger partial charge in [0, 0.05) is 23.4 Å². The maximum absolute atomic E-state index is 14.0. The quantitative estimate of drug-likeness (QED) is 0.417. The van der Waals surface area contributed by atoms with E-state index in [9.17, 15) is 14.0 Å². The Morgan fingerprint density at radius 1 is 1.08 bits per heavy atom. The fourth-order valence-corrected chi connectivity index (χ4v) is 4.79. The Hall–Kier alpha value is -4.46. The third-order valence-electron chi connectivity index (χ3n) is 6.74. The predicted octanol–water partition coefficient (Wildman–Crippen LogP) is 4.74. The first kappa shape index (κ1) is 24.2. The average Bonchev–Trinajstić information content (AvgIpc) is 3.33. The number of halogens is 1. The van der Waals surface area contributed by atoms with Crippen LogP contribution < -0.4 is 15.0 Å². The van der Waals surface area contributed by atoms with Crippen LogP contribution in [0, 0.1) is 12.7 Å². The molecule has 3 aromatic carbocycles. The normalized spacial score (nSPS) is 16.9. The van der Waals surface area contributed by atoms with Gasteiger partial charge in [0.05, 0.1) is 19.3 Å². The van der Waals surface area contributed by atoms with Gasteiger partial charge >= 0.3 is 0 Å². The molecule has 0 fully saturated rings. The van der Waals surface area contributed by atoms with Crippen LogP contribution in [0.4, 0.5) is 10.1 Å². The Labute approximate surface area is 214 Å². The number of fused-ring (bicyclic) bond motifs is 1. The second-order valence-corrected chi connectivity index (χ2v) is 9.28. The van der Waals surface area contributed by atoms with Crippen molar-refractivity contribution in [3.05, 3.63) is 102 Å². The molecule has 0 bridgehead atoms. The van der Waals surface area contributed by atoms with E-state index in [1.54, 1.807) is 37.8 Å². The average molecular weight is 499 g/mol. The van der Waals surface area contributed by atoms with Gasteiger partial charge in [-0.1, -0.05) is 48.5 Å². The van der Waals surface area contributed by atoms with Crippen molar-refractivity contribution in [2.45, 2.75) is 32.5 Å². The zero-order chi connectivity index (χ0) is 26.2. The highest BCUT2D eigenvalue weighted by atomic mass is 19.1. The number of hydrogen-bond donors (Lipinski definition) is 1. The lowest BCUT2D eigenvalue weighted by atomic mass is 9.93. The monoisotopic (exact) mass is 498 g/mol. The number of carbonyl (C=O) groups is 2. The number of nitrogens with zero attached hydrogens (tertiary/aromatic N) is 3. The van der Waals surface area contributed by atoms with Crippen LogP contribution in [0.15, 0.2) is 78.9 Å². The molecule has 0 spiro atoms. The molecule has 0 radical (unpaired) electrons. The molecule has 2 heterocycles. The van der Waals surface area contributed by atoms with E-state index in [1.807, 2.05) is 54.6 Å². The second-order valence-electron chi connectivity index (χ2n) is 9.28. The smallest absolute Gasteiger partial charge is 0.277 e. The van der Waals surface area contributed by atoms with Gasteiger partial charge in [-0.05, 0) is 49.7 Å². The lowest BCUT2D eigenvalue weighted by Crippen LogP contribution is -2.64. The van der Waals surface area contributed by atoms with Gasteiger partial charge in [0.25, 0.3) is 5.91 Å². The maximum Gasteiger partial charge on any atom is 0.277 e. The summed E-state index contributed by atoms with van der Waals surface area (Å²) in [6, 6.07) is 22.9. The van der Waals surface area contributed by atoms with E-state index in [-0.39, 0.29) is 24.9 Å². The van der Waals surface area contributed by atoms with Crippen molar-refractivity contribution in [3.63, 3.8) is 0 Å². The van der Waals surface area contributed by atoms with Gasteiger partial charge < -0.3 is 10.1 Å². The summed E-state index contributed by atoms with van der Waals surface area (Å²) in [4.78, 5) is 29.3. The molecule has 37 heavy (non-hydrogen) atoms. The number of amides is 2. The van der Waals surface area contributed by atoms with Crippen LogP contribution in [0.25, 0.3) is 11.3 Å². The van der Waals surface area contributed by atoms with E-state index in [4.69, 9.17) is 4.74 Å². The van der Waals surface area contributed by atoms with Gasteiger partial charge in [0.1, 0.15) is 22.8 Å². The van der Waals surface area contributed by atoms with E-state index in [1.165, 1.54) is 17.0 Å². The molecule has 8 heteroatoms. The lowest BCUT2D eigenvalue weighted by Gasteiger charge is -2.43. The molecule has 1 aromatic heterocycles. The summed E-state index contributed by atoms with van der Waals surface area (Å²) in [5, 5.41) is 7.65. The first-order valence-electron chi connectivity index (χ1n) is 12.0. The predicted molar refractivity (Wildman–Crippen MR) is 139 cm³/mol. The van der Waals surface area contributed by atoms with Crippen LogP contribution in [0.1, 0.15) is 28.5 Å². The molecule has 5 rings (SSSR count). The molecule has 0 saturated carbocycles. The van der Waals surface area contributed by atoms with Crippen LogP contribution in [0.2, 0.25) is 0 Å². The van der Waals surface area contributed by atoms with Crippen molar-refractivity contribution in [2.75, 3.05) is 12.0 Å². The van der Waals surface area contributed by atoms with Crippen molar-refractivity contribution in [1.29, 1.82) is 0 Å². The molecule has 1 aliphatic heterocycles. The van der Waals surface area contributed by atoms with Gasteiger partial charge in [0.15, 0.2) is 0 Å². The highest BCUT2D eigenvalue weighted by Crippen LogP contribution is 2.36. The van der Waals surface area contributed by atoms with Gasteiger partial charge in [-0.2, -0.15) is 5.10 Å². The highest BCUT2D eigenvalue weighted by Gasteiger charge is 2.49. The second kappa shape index (κ2) is 9.54. The molecule has 1 atom stereocenters. The van der Waals surface area contributed by atoms with E-state index >= 15 is 0 Å². The van der Waals surface area contributed by atoms with Gasteiger partial charge in [-0.25, -0.2) is 4.39 Å². The lowest BCUT2D eigenvalue weighted by molar-refractivity contribution is -0.126. The number of rotatable bonds is 6. The van der Waals surface area contributed by atoms with E-state index in [0.717, 1.165) is 11.1 Å². The number of ether oxygens (including phenoxy) is 1. The maximum atomic E-state index is 14.0. The van der Waals surface area contributed by atoms with Crippen molar-refractivity contribution < 1.29 is 18.7 Å². The Morgan fingerprint density at radius 2 is 1.81 bits per heavy atom. The summed E-state index contributed by atoms with van der Waals surface area (Å²) in [6.45, 7) is 3.76. The standard InChI is InChI=1S/C29H27FN4O3/c1-19-15-22(30)13-14-24(19)34-27(35)25-16-23(20-9-5-4-6-10-20)32-33(25)18-29(34,2)28(36)31-17-21-11-7-8-12-26(21)37-3/h4-16H,17-18H2,1-3H3,(H,31,36)/t29-/m0/s1. The Morgan fingerprint density at radius 3 is 2.54 bits per heavy atom.